The van der Waals surface area contributed by atoms with Gasteiger partial charge in [0.25, 0.3) is 5.91 Å². The minimum atomic E-state index is -1.68. The number of rotatable bonds is 17. The molecular formula is C59H77N11O11. The van der Waals surface area contributed by atoms with E-state index in [1.165, 1.54) is 24.0 Å². The smallest absolute Gasteiger partial charge is 0.251 e. The van der Waals surface area contributed by atoms with E-state index in [2.05, 4.69) is 38.5 Å². The number of aliphatic imine (C=N–C) groups is 1. The zero-order valence-corrected chi connectivity index (χ0v) is 45.9. The standard InChI is InChI=1S/C59H77N11O11/c1-3-4-5-30-81-45-25-21-40(22-26-45)38-15-13-37(14-16-38)39-17-19-41(20-18-39)52(74)65-46-8-6-28-63-55(77)49-31-42(60)33-69(49)57(79)48(9-7-29-64-59(61)62)67-53(75)47(27-12-36-10-23-43(72)24-11-36)66-56(78)50-32-44(73)34-70(50)58(80)51(35(2)71)68-54(46)76/h10-11,13-26,35,42,44,46-51,71-73H,3-9,12,27-34,60H2,1-2H3,(H,63,77)(H,65,74)(H,66,78)(H,67,75)(H,68,76)(H4,61,62,64)/t35-,42+,44-,46+,47?,48+,49+,50+,51+/m1/s1. The van der Waals surface area contributed by atoms with Crippen molar-refractivity contribution in [1.29, 1.82) is 0 Å². The van der Waals surface area contributed by atoms with E-state index in [0.29, 0.717) is 12.2 Å². The number of phenolic OH excluding ortho intramolecular Hbond substituents is 1. The highest BCUT2D eigenvalue weighted by Crippen LogP contribution is 2.28. The van der Waals surface area contributed by atoms with Crippen LogP contribution in [0.15, 0.2) is 102 Å². The number of phenols is 1. The number of carbonyl (C=O) groups is 7. The van der Waals surface area contributed by atoms with Gasteiger partial charge in [-0.15, -0.1) is 0 Å². The van der Waals surface area contributed by atoms with Crippen LogP contribution in [0.2, 0.25) is 0 Å². The summed E-state index contributed by atoms with van der Waals surface area (Å²) in [6.07, 6.45) is 0.724. The van der Waals surface area contributed by atoms with Gasteiger partial charge in [0.15, 0.2) is 5.96 Å². The molecule has 3 aliphatic rings. The Morgan fingerprint density at radius 3 is 1.96 bits per heavy atom. The van der Waals surface area contributed by atoms with Gasteiger partial charge in [0.05, 0.1) is 18.8 Å². The predicted molar refractivity (Wildman–Crippen MR) is 304 cm³/mol. The largest absolute Gasteiger partial charge is 0.508 e. The number of fused-ring (bicyclic) bond motifs is 2. The van der Waals surface area contributed by atoms with Crippen LogP contribution in [0.4, 0.5) is 0 Å². The number of amides is 7. The van der Waals surface area contributed by atoms with E-state index in [9.17, 15) is 48.9 Å². The Bertz CT molecular complexity index is 2830. The lowest BCUT2D eigenvalue weighted by atomic mass is 9.99. The summed E-state index contributed by atoms with van der Waals surface area (Å²) in [6, 6.07) is 20.3. The fourth-order valence-electron chi connectivity index (χ4n) is 10.3. The lowest BCUT2D eigenvalue weighted by Crippen LogP contribution is -2.61. The molecule has 7 amide bonds. The number of nitrogens with zero attached hydrogens (tertiary/aromatic N) is 3. The summed E-state index contributed by atoms with van der Waals surface area (Å²) in [5.74, 6) is -4.55. The van der Waals surface area contributed by atoms with Crippen LogP contribution in [-0.4, -0.2) is 160 Å². The van der Waals surface area contributed by atoms with Crippen LogP contribution in [0.5, 0.6) is 11.5 Å². The van der Waals surface area contributed by atoms with Crippen molar-refractivity contribution in [2.24, 2.45) is 22.2 Å². The molecule has 22 nitrogen and oxygen atoms in total. The zero-order valence-electron chi connectivity index (χ0n) is 45.9. The van der Waals surface area contributed by atoms with E-state index in [1.54, 1.807) is 36.4 Å². The molecule has 3 heterocycles. The summed E-state index contributed by atoms with van der Waals surface area (Å²) in [5.41, 5.74) is 22.2. The summed E-state index contributed by atoms with van der Waals surface area (Å²) in [7, 11) is 0. The molecule has 3 saturated heterocycles. The van der Waals surface area contributed by atoms with Gasteiger partial charge in [-0.05, 0) is 123 Å². The van der Waals surface area contributed by atoms with Crippen molar-refractivity contribution in [2.45, 2.75) is 139 Å². The minimum absolute atomic E-state index is 0.0101. The zero-order chi connectivity index (χ0) is 58.2. The number of nitrogens with one attached hydrogen (secondary N) is 5. The predicted octanol–water partition coefficient (Wildman–Crippen LogP) is 1.72. The molecule has 0 saturated carbocycles. The Kier molecular flexibility index (Phi) is 21.6. The average molecular weight is 1120 g/mol. The topological polar surface area (TPSA) is 346 Å². The van der Waals surface area contributed by atoms with Gasteiger partial charge in [-0.25, -0.2) is 0 Å². The highest BCUT2D eigenvalue weighted by molar-refractivity contribution is 6.00. The molecule has 7 rings (SSSR count). The second-order valence-electron chi connectivity index (χ2n) is 21.1. The fourth-order valence-corrected chi connectivity index (χ4v) is 10.3. The van der Waals surface area contributed by atoms with Crippen molar-refractivity contribution < 1.29 is 53.6 Å². The van der Waals surface area contributed by atoms with Crippen molar-refractivity contribution in [2.75, 3.05) is 32.8 Å². The Labute approximate surface area is 471 Å². The van der Waals surface area contributed by atoms with Crippen molar-refractivity contribution in [3.8, 4) is 33.8 Å². The second-order valence-corrected chi connectivity index (χ2v) is 21.1. The van der Waals surface area contributed by atoms with Gasteiger partial charge in [0.1, 0.15) is 47.8 Å². The number of carbonyl (C=O) groups excluding carboxylic acids is 7. The first kappa shape index (κ1) is 60.6. The normalized spacial score (nSPS) is 23.6. The molecule has 4 aromatic rings. The van der Waals surface area contributed by atoms with Crippen LogP contribution in [0.1, 0.15) is 94.0 Å². The summed E-state index contributed by atoms with van der Waals surface area (Å²) >= 11 is 0. The Hall–Kier alpha value is -8.08. The lowest BCUT2D eigenvalue weighted by Gasteiger charge is -2.32. The number of unbranched alkanes of at least 4 members (excludes halogenated alkanes) is 2. The summed E-state index contributed by atoms with van der Waals surface area (Å²) < 4.78 is 5.87. The van der Waals surface area contributed by atoms with E-state index in [1.807, 2.05) is 48.5 Å². The number of hydrogen-bond acceptors (Lipinski definition) is 13. The molecule has 434 valence electrons. The van der Waals surface area contributed by atoms with E-state index >= 15 is 0 Å². The van der Waals surface area contributed by atoms with Crippen molar-refractivity contribution >= 4 is 47.3 Å². The van der Waals surface area contributed by atoms with Gasteiger partial charge in [0, 0.05) is 44.2 Å². The summed E-state index contributed by atoms with van der Waals surface area (Å²) in [6.45, 7) is 3.77. The fraction of sp³-hybridized carbons (Fsp3) is 0.458. The lowest BCUT2D eigenvalue weighted by molar-refractivity contribution is -0.145. The van der Waals surface area contributed by atoms with Crippen molar-refractivity contribution in [3.05, 3.63) is 108 Å². The first-order valence-electron chi connectivity index (χ1n) is 27.9. The SMILES string of the molecule is CCCCCOc1ccc(-c2ccc(-c3ccc(C(=O)N[C@H]4CCCNC(=O)[C@@H]5C[C@H](N)CN5C(=O)[C@H](CCCN=C(N)N)NC(=O)C(CCc5ccc(O)cc5)NC(=O)[C@@H]5C[C@@H](O)CN5C(=O)[C@H]([C@@H](C)O)NC4=O)cc3)cc2)cc1. The Balaban J connectivity index is 1.13. The average Bonchev–Trinajstić information content (AvgIpc) is 4.15. The maximum absolute atomic E-state index is 14.6. The molecule has 22 heteroatoms. The molecule has 0 radical (unpaired) electrons. The van der Waals surface area contributed by atoms with E-state index in [-0.39, 0.29) is 94.8 Å². The third kappa shape index (κ3) is 16.7. The quantitative estimate of drug-likeness (QED) is 0.0408. The molecule has 3 fully saturated rings. The van der Waals surface area contributed by atoms with Crippen LogP contribution in [0, 0.1) is 0 Å². The second kappa shape index (κ2) is 28.9. The number of benzene rings is 4. The van der Waals surface area contributed by atoms with Gasteiger partial charge >= 0.3 is 0 Å². The molecule has 9 atom stereocenters. The number of aliphatic hydroxyl groups excluding tert-OH is 2. The Morgan fingerprint density at radius 1 is 0.728 bits per heavy atom. The van der Waals surface area contributed by atoms with E-state index < -0.39 is 95.9 Å². The molecule has 3 aliphatic heterocycles. The highest BCUT2D eigenvalue weighted by atomic mass is 16.5. The third-order valence-electron chi connectivity index (χ3n) is 14.8. The molecule has 0 spiro atoms. The Morgan fingerprint density at radius 2 is 1.33 bits per heavy atom. The molecular weight excluding hydrogens is 1040 g/mol. The number of aryl methyl sites for hydroxylation is 1. The maximum atomic E-state index is 14.6. The third-order valence-corrected chi connectivity index (χ3v) is 14.8. The number of nitrogens with two attached hydrogens (primary N) is 3. The molecule has 1 unspecified atom stereocenters. The molecule has 14 N–H and O–H groups in total. The van der Waals surface area contributed by atoms with Crippen LogP contribution < -0.4 is 48.5 Å². The van der Waals surface area contributed by atoms with Crippen molar-refractivity contribution in [3.63, 3.8) is 0 Å². The van der Waals surface area contributed by atoms with E-state index in [0.717, 1.165) is 52.2 Å². The number of ether oxygens (including phenoxy) is 1. The van der Waals surface area contributed by atoms with Crippen LogP contribution in [0.3, 0.4) is 0 Å². The molecule has 4 aromatic carbocycles. The first-order chi connectivity index (χ1) is 38.9. The number of aromatic hydroxyl groups is 1. The molecule has 0 bridgehead atoms. The number of guanidine groups is 1. The molecule has 0 aromatic heterocycles. The van der Waals surface area contributed by atoms with Crippen LogP contribution >= 0.6 is 0 Å². The van der Waals surface area contributed by atoms with E-state index in [4.69, 9.17) is 21.9 Å². The maximum Gasteiger partial charge on any atom is 0.251 e. The minimum Gasteiger partial charge on any atom is -0.508 e. The number of aliphatic hydroxyl groups is 2. The molecule has 81 heavy (non-hydrogen) atoms. The van der Waals surface area contributed by atoms with Gasteiger partial charge in [-0.1, -0.05) is 80.4 Å². The van der Waals surface area contributed by atoms with Gasteiger partial charge < -0.3 is 73.6 Å². The summed E-state index contributed by atoms with van der Waals surface area (Å²) in [5, 5.41) is 45.7. The van der Waals surface area contributed by atoms with Gasteiger partial charge in [-0.2, -0.15) is 0 Å². The van der Waals surface area contributed by atoms with Crippen molar-refractivity contribution in [1.82, 2.24) is 36.4 Å². The van der Waals surface area contributed by atoms with Crippen LogP contribution in [0.25, 0.3) is 22.3 Å². The monoisotopic (exact) mass is 1120 g/mol. The van der Waals surface area contributed by atoms with Gasteiger partial charge in [-0.3, -0.25) is 38.6 Å². The summed E-state index contributed by atoms with van der Waals surface area (Å²) in [4.78, 5) is 107. The number of hydrogen-bond donors (Lipinski definition) is 11. The first-order valence-corrected chi connectivity index (χ1v) is 27.9. The molecule has 0 aliphatic carbocycles. The van der Waals surface area contributed by atoms with Gasteiger partial charge in [0.2, 0.25) is 35.4 Å². The highest BCUT2D eigenvalue weighted by Gasteiger charge is 2.45. The van der Waals surface area contributed by atoms with Crippen LogP contribution in [-0.2, 0) is 35.2 Å².